The molecule has 6 heteroatoms. The van der Waals surface area contributed by atoms with Gasteiger partial charge in [0.25, 0.3) is 0 Å². The van der Waals surface area contributed by atoms with Crippen molar-refractivity contribution in [2.45, 2.75) is 33.5 Å². The van der Waals surface area contributed by atoms with Gasteiger partial charge in [-0.05, 0) is 55.7 Å². The van der Waals surface area contributed by atoms with E-state index in [-0.39, 0.29) is 11.6 Å². The Morgan fingerprint density at radius 3 is 2.28 bits per heavy atom. The van der Waals surface area contributed by atoms with Gasteiger partial charge in [0.2, 0.25) is 0 Å². The molecule has 2 aromatic carbocycles. The zero-order valence-electron chi connectivity index (χ0n) is 14.5. The third-order valence-corrected chi connectivity index (χ3v) is 4.49. The van der Waals surface area contributed by atoms with Crippen LogP contribution in [0, 0.1) is 20.8 Å². The molecular weight excluding hydrogens is 329 g/mol. The van der Waals surface area contributed by atoms with Crippen molar-refractivity contribution in [3.63, 3.8) is 0 Å². The van der Waals surface area contributed by atoms with E-state index in [0.29, 0.717) is 17.8 Å². The number of carbonyl (C=O) groups is 1. The van der Waals surface area contributed by atoms with E-state index in [0.717, 1.165) is 22.9 Å². The minimum atomic E-state index is -4.41. The van der Waals surface area contributed by atoms with Crippen molar-refractivity contribution in [2.75, 3.05) is 11.9 Å². The molecule has 0 spiro atoms. The Balaban J connectivity index is 2.19. The van der Waals surface area contributed by atoms with Crippen molar-refractivity contribution >= 4 is 17.4 Å². The molecule has 2 aromatic rings. The molecule has 132 valence electrons. The van der Waals surface area contributed by atoms with E-state index in [4.69, 9.17) is 0 Å². The maximum Gasteiger partial charge on any atom is 0.416 e. The zero-order valence-corrected chi connectivity index (χ0v) is 14.5. The smallest absolute Gasteiger partial charge is 0.323 e. The van der Waals surface area contributed by atoms with Gasteiger partial charge in [0.1, 0.15) is 0 Å². The summed E-state index contributed by atoms with van der Waals surface area (Å²) in [6.07, 6.45) is -4.41. The van der Waals surface area contributed by atoms with Gasteiger partial charge in [-0.1, -0.05) is 17.7 Å². The Morgan fingerprint density at radius 1 is 0.960 bits per heavy atom. The first-order valence-corrected chi connectivity index (χ1v) is 7.93. The molecule has 3 rings (SSSR count). The number of nitrogens with zero attached hydrogens (tertiary/aromatic N) is 2. The van der Waals surface area contributed by atoms with Gasteiger partial charge in [-0.3, -0.25) is 4.90 Å². The van der Waals surface area contributed by atoms with Crippen LogP contribution in [-0.4, -0.2) is 18.0 Å². The lowest BCUT2D eigenvalue weighted by atomic mass is 10.00. The molecule has 1 aliphatic rings. The van der Waals surface area contributed by atoms with Crippen LogP contribution in [-0.2, 0) is 12.7 Å². The number of hydrogen-bond acceptors (Lipinski definition) is 1. The van der Waals surface area contributed by atoms with Crippen LogP contribution in [0.1, 0.15) is 27.8 Å². The lowest BCUT2D eigenvalue weighted by Gasteiger charge is -2.36. The number of rotatable bonds is 1. The summed E-state index contributed by atoms with van der Waals surface area (Å²) in [7, 11) is 1.69. The van der Waals surface area contributed by atoms with Gasteiger partial charge in [0.15, 0.2) is 0 Å². The second-order valence-corrected chi connectivity index (χ2v) is 6.56. The number of halogens is 3. The van der Waals surface area contributed by atoms with Crippen LogP contribution in [0.25, 0.3) is 0 Å². The van der Waals surface area contributed by atoms with Crippen LogP contribution in [0.15, 0.2) is 30.3 Å². The summed E-state index contributed by atoms with van der Waals surface area (Å²) in [4.78, 5) is 15.8. The number of hydrogen-bond donors (Lipinski definition) is 0. The molecule has 0 fully saturated rings. The molecule has 0 saturated carbocycles. The Morgan fingerprint density at radius 2 is 1.64 bits per heavy atom. The number of alkyl halides is 3. The molecule has 25 heavy (non-hydrogen) atoms. The average Bonchev–Trinajstić information content (AvgIpc) is 2.50. The van der Waals surface area contributed by atoms with Crippen LogP contribution in [0.2, 0.25) is 0 Å². The standard InChI is InChI=1S/C19H19F3N2O/c1-11-5-6-16-14(7-11)10-23(4)18(25)24(16)17-9-12(2)15(8-13(17)3)19(20,21)22/h5-9H,10H2,1-4H3. The molecule has 0 aromatic heterocycles. The normalized spacial score (nSPS) is 14.8. The second-order valence-electron chi connectivity index (χ2n) is 6.56. The zero-order chi connectivity index (χ0) is 18.5. The number of benzene rings is 2. The third-order valence-electron chi connectivity index (χ3n) is 4.49. The highest BCUT2D eigenvalue weighted by atomic mass is 19.4. The molecule has 0 radical (unpaired) electrons. The number of aryl methyl sites for hydroxylation is 3. The van der Waals surface area contributed by atoms with E-state index in [1.165, 1.54) is 17.9 Å². The number of fused-ring (bicyclic) bond motifs is 1. The topological polar surface area (TPSA) is 23.6 Å². The molecule has 0 bridgehead atoms. The minimum Gasteiger partial charge on any atom is -0.323 e. The molecule has 2 amide bonds. The van der Waals surface area contributed by atoms with Crippen LogP contribution >= 0.6 is 0 Å². The highest BCUT2D eigenvalue weighted by Gasteiger charge is 2.35. The number of urea groups is 1. The van der Waals surface area contributed by atoms with Crippen molar-refractivity contribution < 1.29 is 18.0 Å². The SMILES string of the molecule is Cc1ccc2c(c1)CN(C)C(=O)N2c1cc(C)c(C(F)(F)F)cc1C. The Bertz CT molecular complexity index is 858. The molecule has 0 saturated heterocycles. The van der Waals surface area contributed by atoms with E-state index in [1.807, 2.05) is 25.1 Å². The summed E-state index contributed by atoms with van der Waals surface area (Å²) in [5, 5.41) is 0. The lowest BCUT2D eigenvalue weighted by Crippen LogP contribution is -2.42. The summed E-state index contributed by atoms with van der Waals surface area (Å²) < 4.78 is 39.4. The summed E-state index contributed by atoms with van der Waals surface area (Å²) in [5.41, 5.74) is 3.08. The fourth-order valence-electron chi connectivity index (χ4n) is 3.24. The van der Waals surface area contributed by atoms with E-state index in [2.05, 4.69) is 0 Å². The quantitative estimate of drug-likeness (QED) is 0.683. The Hall–Kier alpha value is -2.50. The molecule has 0 unspecified atom stereocenters. The van der Waals surface area contributed by atoms with Crippen molar-refractivity contribution in [3.8, 4) is 0 Å². The predicted octanol–water partition coefficient (Wildman–Crippen LogP) is 5.33. The highest BCUT2D eigenvalue weighted by Crippen LogP contribution is 2.40. The van der Waals surface area contributed by atoms with Gasteiger partial charge in [0, 0.05) is 13.6 Å². The molecule has 3 nitrogen and oxygen atoms in total. The maximum absolute atomic E-state index is 13.1. The van der Waals surface area contributed by atoms with Gasteiger partial charge < -0.3 is 4.90 Å². The van der Waals surface area contributed by atoms with Crippen LogP contribution < -0.4 is 4.90 Å². The highest BCUT2D eigenvalue weighted by molar-refractivity contribution is 6.02. The van der Waals surface area contributed by atoms with Gasteiger partial charge in [-0.15, -0.1) is 0 Å². The third kappa shape index (κ3) is 2.97. The maximum atomic E-state index is 13.1. The molecule has 0 atom stereocenters. The van der Waals surface area contributed by atoms with E-state index in [9.17, 15) is 18.0 Å². The molecular formula is C19H19F3N2O. The van der Waals surface area contributed by atoms with Crippen molar-refractivity contribution in [3.05, 3.63) is 58.1 Å². The van der Waals surface area contributed by atoms with Gasteiger partial charge in [-0.2, -0.15) is 13.2 Å². The largest absolute Gasteiger partial charge is 0.416 e. The Labute approximate surface area is 144 Å². The fourth-order valence-corrected chi connectivity index (χ4v) is 3.24. The first kappa shape index (κ1) is 17.3. The van der Waals surface area contributed by atoms with Gasteiger partial charge >= 0.3 is 12.2 Å². The minimum absolute atomic E-state index is 0.0998. The van der Waals surface area contributed by atoms with Crippen LogP contribution in [0.5, 0.6) is 0 Å². The summed E-state index contributed by atoms with van der Waals surface area (Å²) in [6, 6.07) is 8.05. The van der Waals surface area contributed by atoms with Crippen molar-refractivity contribution in [1.82, 2.24) is 4.90 Å². The second kappa shape index (κ2) is 5.79. The van der Waals surface area contributed by atoms with Gasteiger partial charge in [0.05, 0.1) is 16.9 Å². The fraction of sp³-hybridized carbons (Fsp3) is 0.316. The summed E-state index contributed by atoms with van der Waals surface area (Å²) in [6.45, 7) is 5.46. The lowest BCUT2D eigenvalue weighted by molar-refractivity contribution is -0.138. The van der Waals surface area contributed by atoms with Crippen molar-refractivity contribution in [1.29, 1.82) is 0 Å². The van der Waals surface area contributed by atoms with Crippen molar-refractivity contribution in [2.24, 2.45) is 0 Å². The monoisotopic (exact) mass is 348 g/mol. The van der Waals surface area contributed by atoms with Crippen LogP contribution in [0.3, 0.4) is 0 Å². The average molecular weight is 348 g/mol. The predicted molar refractivity (Wildman–Crippen MR) is 91.1 cm³/mol. The number of anilines is 2. The molecule has 0 aliphatic carbocycles. The molecule has 1 heterocycles. The first-order chi connectivity index (χ1) is 11.6. The number of amides is 2. The summed E-state index contributed by atoms with van der Waals surface area (Å²) >= 11 is 0. The number of carbonyl (C=O) groups excluding carboxylic acids is 1. The van der Waals surface area contributed by atoms with E-state index >= 15 is 0 Å². The molecule has 1 aliphatic heterocycles. The molecule has 0 N–H and O–H groups in total. The van der Waals surface area contributed by atoms with E-state index < -0.39 is 11.7 Å². The first-order valence-electron chi connectivity index (χ1n) is 7.93. The van der Waals surface area contributed by atoms with Crippen LogP contribution in [0.4, 0.5) is 29.3 Å². The van der Waals surface area contributed by atoms with Gasteiger partial charge in [-0.25, -0.2) is 4.79 Å². The summed E-state index contributed by atoms with van der Waals surface area (Å²) in [5.74, 6) is 0. The van der Waals surface area contributed by atoms with E-state index in [1.54, 1.807) is 18.9 Å². The Kier molecular flexibility index (Phi) is 4.01.